The van der Waals surface area contributed by atoms with Crippen LogP contribution in [0.25, 0.3) is 0 Å². The Bertz CT molecular complexity index is 373. The topological polar surface area (TPSA) is 118 Å². The third-order valence-electron chi connectivity index (χ3n) is 5.11. The highest BCUT2D eigenvalue weighted by Gasteiger charge is 2.50. The molecule has 0 heterocycles. The summed E-state index contributed by atoms with van der Waals surface area (Å²) in [4.78, 5) is 18.5. The summed E-state index contributed by atoms with van der Waals surface area (Å²) in [6.45, 7) is 1.36. The summed E-state index contributed by atoms with van der Waals surface area (Å²) >= 11 is 0. The quantitative estimate of drug-likeness (QED) is 0.176. The van der Waals surface area contributed by atoms with Gasteiger partial charge in [-0.2, -0.15) is 0 Å². The fourth-order valence-corrected chi connectivity index (χ4v) is 4.15. The molecule has 0 aromatic heterocycles. The summed E-state index contributed by atoms with van der Waals surface area (Å²) in [6, 6.07) is 0. The lowest BCUT2D eigenvalue weighted by atomic mass is 10.0. The van der Waals surface area contributed by atoms with Gasteiger partial charge in [-0.15, -0.1) is 0 Å². The van der Waals surface area contributed by atoms with Crippen LogP contribution in [0.15, 0.2) is 0 Å². The zero-order chi connectivity index (χ0) is 19.9. The number of rotatable bonds is 18. The molecule has 2 atom stereocenters. The Morgan fingerprint density at radius 1 is 0.769 bits per heavy atom. The fraction of sp³-hybridized carbons (Fsp3) is 1.00. The maximum Gasteiger partial charge on any atom is 0.359 e. The van der Waals surface area contributed by atoms with Gasteiger partial charge in [0.15, 0.2) is 5.34 Å². The number of hydrogen-bond acceptors (Lipinski definition) is 4. The smallest absolute Gasteiger partial charge is 0.359 e. The first kappa shape index (κ1) is 26.0. The molecule has 158 valence electrons. The molecule has 0 saturated heterocycles. The molecule has 0 aromatic carbocycles. The molecule has 5 N–H and O–H groups in total. The zero-order valence-corrected chi connectivity index (χ0v) is 17.4. The van der Waals surface area contributed by atoms with Gasteiger partial charge < -0.3 is 25.1 Å². The average Bonchev–Trinajstić information content (AvgIpc) is 2.60. The molecule has 0 bridgehead atoms. The van der Waals surface area contributed by atoms with Crippen molar-refractivity contribution in [3.63, 3.8) is 0 Å². The van der Waals surface area contributed by atoms with E-state index in [1.807, 2.05) is 0 Å². The van der Waals surface area contributed by atoms with Crippen molar-refractivity contribution in [2.45, 2.75) is 115 Å². The van der Waals surface area contributed by atoms with Crippen LogP contribution in [-0.2, 0) is 4.57 Å². The van der Waals surface area contributed by atoms with Crippen LogP contribution < -0.4 is 0 Å². The Morgan fingerprint density at radius 2 is 1.12 bits per heavy atom. The minimum Gasteiger partial charge on any atom is -0.394 e. The lowest BCUT2D eigenvalue weighted by molar-refractivity contribution is -0.0604. The molecule has 6 nitrogen and oxygen atoms in total. The number of hydrogen-bond donors (Lipinski definition) is 5. The molecule has 7 heteroatoms. The van der Waals surface area contributed by atoms with Gasteiger partial charge in [0.05, 0.1) is 6.61 Å². The van der Waals surface area contributed by atoms with Crippen molar-refractivity contribution >= 4 is 7.60 Å². The van der Waals surface area contributed by atoms with E-state index in [0.29, 0.717) is 6.42 Å². The maximum atomic E-state index is 11.4. The lowest BCUT2D eigenvalue weighted by Gasteiger charge is -2.32. The zero-order valence-electron chi connectivity index (χ0n) is 16.5. The highest BCUT2D eigenvalue weighted by molar-refractivity contribution is 7.53. The van der Waals surface area contributed by atoms with Crippen LogP contribution in [0.2, 0.25) is 0 Å². The van der Waals surface area contributed by atoms with Crippen molar-refractivity contribution in [2.24, 2.45) is 0 Å². The van der Waals surface area contributed by atoms with Crippen LogP contribution in [0.1, 0.15) is 103 Å². The van der Waals surface area contributed by atoms with Gasteiger partial charge in [-0.25, -0.2) is 0 Å². The maximum absolute atomic E-state index is 11.4. The first-order chi connectivity index (χ1) is 12.3. The third kappa shape index (κ3) is 11.0. The van der Waals surface area contributed by atoms with E-state index in [1.165, 1.54) is 57.8 Å². The van der Waals surface area contributed by atoms with Gasteiger partial charge in [-0.1, -0.05) is 90.4 Å². The Kier molecular flexibility index (Phi) is 15.0. The van der Waals surface area contributed by atoms with Crippen molar-refractivity contribution in [1.82, 2.24) is 0 Å². The fourth-order valence-electron chi connectivity index (χ4n) is 3.23. The average molecular weight is 397 g/mol. The Hall–Kier alpha value is 0.0300. The third-order valence-corrected chi connectivity index (χ3v) is 6.64. The first-order valence-electron chi connectivity index (χ1n) is 10.4. The highest BCUT2D eigenvalue weighted by atomic mass is 31.2. The van der Waals surface area contributed by atoms with Crippen molar-refractivity contribution in [1.29, 1.82) is 0 Å². The molecule has 0 radical (unpaired) electrons. The Labute approximate surface area is 159 Å². The van der Waals surface area contributed by atoms with Crippen molar-refractivity contribution < 1.29 is 29.7 Å². The van der Waals surface area contributed by atoms with E-state index in [2.05, 4.69) is 6.92 Å². The molecule has 0 aromatic rings. The largest absolute Gasteiger partial charge is 0.394 e. The van der Waals surface area contributed by atoms with Crippen LogP contribution in [0, 0.1) is 0 Å². The van der Waals surface area contributed by atoms with Crippen LogP contribution in [0.5, 0.6) is 0 Å². The molecular weight excluding hydrogens is 355 g/mol. The Balaban J connectivity index is 3.62. The molecule has 0 fully saturated rings. The number of aliphatic hydroxyl groups is 3. The SMILES string of the molecule is CCCCCCCCCCCCCCCCC(O)(C(O)CO)P(=O)(O)O. The normalized spacial score (nSPS) is 15.8. The summed E-state index contributed by atoms with van der Waals surface area (Å²) < 4.78 is 11.4. The van der Waals surface area contributed by atoms with Gasteiger partial charge in [-0.3, -0.25) is 4.57 Å². The number of unbranched alkanes of at least 4 members (excludes halogenated alkanes) is 13. The second kappa shape index (κ2) is 15.0. The molecule has 0 amide bonds. The van der Waals surface area contributed by atoms with E-state index in [4.69, 9.17) is 5.11 Å². The van der Waals surface area contributed by atoms with E-state index in [-0.39, 0.29) is 6.42 Å². The predicted molar refractivity (Wildman–Crippen MR) is 105 cm³/mol. The molecular formula is C19H41O6P. The molecule has 2 unspecified atom stereocenters. The summed E-state index contributed by atoms with van der Waals surface area (Å²) in [6.07, 6.45) is 14.2. The van der Waals surface area contributed by atoms with Crippen molar-refractivity contribution in [3.8, 4) is 0 Å². The Morgan fingerprint density at radius 3 is 1.42 bits per heavy atom. The lowest BCUT2D eigenvalue weighted by Crippen LogP contribution is -2.44. The minimum atomic E-state index is -4.90. The minimum absolute atomic E-state index is 0.211. The summed E-state index contributed by atoms with van der Waals surface area (Å²) in [5.41, 5.74) is 0. The standard InChI is InChI=1S/C19H41O6P/c1-2-3-4-5-6-7-8-9-10-11-12-13-14-15-16-19(22,18(21)17-20)26(23,24)25/h18,20-22H,2-17H2,1H3,(H2,23,24,25). The van der Waals surface area contributed by atoms with E-state index < -0.39 is 25.6 Å². The van der Waals surface area contributed by atoms with Gasteiger partial charge in [0.2, 0.25) is 0 Å². The van der Waals surface area contributed by atoms with E-state index >= 15 is 0 Å². The number of aliphatic hydroxyl groups excluding tert-OH is 2. The van der Waals surface area contributed by atoms with E-state index in [0.717, 1.165) is 25.7 Å². The van der Waals surface area contributed by atoms with Gasteiger partial charge >= 0.3 is 7.60 Å². The van der Waals surface area contributed by atoms with Crippen molar-refractivity contribution in [3.05, 3.63) is 0 Å². The second-order valence-electron chi connectivity index (χ2n) is 7.47. The molecule has 0 aliphatic carbocycles. The summed E-state index contributed by atoms with van der Waals surface area (Å²) in [5, 5.41) is 25.9. The van der Waals surface area contributed by atoms with Crippen LogP contribution in [0.4, 0.5) is 0 Å². The van der Waals surface area contributed by atoms with Gasteiger partial charge in [0.1, 0.15) is 6.10 Å². The molecule has 0 rings (SSSR count). The molecule has 26 heavy (non-hydrogen) atoms. The van der Waals surface area contributed by atoms with Crippen molar-refractivity contribution in [2.75, 3.05) is 6.61 Å². The summed E-state index contributed by atoms with van der Waals surface area (Å²) in [7, 11) is -4.90. The summed E-state index contributed by atoms with van der Waals surface area (Å²) in [5.74, 6) is 0. The van der Waals surface area contributed by atoms with Crippen LogP contribution >= 0.6 is 7.60 Å². The predicted octanol–water partition coefficient (Wildman–Crippen LogP) is 4.08. The van der Waals surface area contributed by atoms with Gasteiger partial charge in [-0.05, 0) is 12.8 Å². The molecule has 0 saturated carbocycles. The molecule has 0 aliphatic rings. The second-order valence-corrected chi connectivity index (χ2v) is 9.33. The molecule has 0 spiro atoms. The molecule has 0 aliphatic heterocycles. The van der Waals surface area contributed by atoms with E-state index in [9.17, 15) is 24.6 Å². The highest BCUT2D eigenvalue weighted by Crippen LogP contribution is 2.53. The van der Waals surface area contributed by atoms with Crippen LogP contribution in [0.3, 0.4) is 0 Å². The van der Waals surface area contributed by atoms with Crippen LogP contribution in [-0.4, -0.2) is 43.2 Å². The first-order valence-corrected chi connectivity index (χ1v) is 12.0. The van der Waals surface area contributed by atoms with Gasteiger partial charge in [0.25, 0.3) is 0 Å². The van der Waals surface area contributed by atoms with E-state index in [1.54, 1.807) is 0 Å². The van der Waals surface area contributed by atoms with Gasteiger partial charge in [0, 0.05) is 0 Å². The monoisotopic (exact) mass is 396 g/mol.